The number of ether oxygens (including phenoxy) is 1. The molecular formula is C18H15F2N3O4. The zero-order chi connectivity index (χ0) is 19.6. The van der Waals surface area contributed by atoms with Crippen LogP contribution < -0.4 is 15.5 Å². The second kappa shape index (κ2) is 7.02. The van der Waals surface area contributed by atoms with Crippen molar-refractivity contribution < 1.29 is 27.9 Å². The van der Waals surface area contributed by atoms with Gasteiger partial charge in [-0.2, -0.15) is 13.8 Å². The molecule has 7 nitrogen and oxygen atoms in total. The number of hydrazine groups is 1. The number of para-hydroxylation sites is 1. The van der Waals surface area contributed by atoms with Crippen molar-refractivity contribution >= 4 is 17.8 Å². The molecule has 1 fully saturated rings. The Balaban J connectivity index is 1.83. The first-order valence-electron chi connectivity index (χ1n) is 7.90. The number of hydrogen-bond acceptors (Lipinski definition) is 4. The third-order valence-corrected chi connectivity index (χ3v) is 4.10. The van der Waals surface area contributed by atoms with Gasteiger partial charge in [0, 0.05) is 0 Å². The molecule has 1 aliphatic rings. The number of benzene rings is 2. The summed E-state index contributed by atoms with van der Waals surface area (Å²) in [4.78, 5) is 37.4. The number of halogens is 2. The van der Waals surface area contributed by atoms with E-state index < -0.39 is 30.0 Å². The molecule has 0 spiro atoms. The van der Waals surface area contributed by atoms with Crippen LogP contribution in [0.3, 0.4) is 0 Å². The fourth-order valence-corrected chi connectivity index (χ4v) is 2.72. The van der Waals surface area contributed by atoms with Gasteiger partial charge in [0.15, 0.2) is 0 Å². The van der Waals surface area contributed by atoms with Gasteiger partial charge in [-0.1, -0.05) is 42.5 Å². The smallest absolute Gasteiger partial charge is 0.387 e. The number of imide groups is 1. The van der Waals surface area contributed by atoms with E-state index >= 15 is 0 Å². The van der Waals surface area contributed by atoms with Crippen LogP contribution in [0.4, 0.5) is 13.6 Å². The summed E-state index contributed by atoms with van der Waals surface area (Å²) in [6.07, 6.45) is 0. The highest BCUT2D eigenvalue weighted by Gasteiger charge is 2.50. The molecule has 9 heteroatoms. The predicted molar refractivity (Wildman–Crippen MR) is 89.7 cm³/mol. The summed E-state index contributed by atoms with van der Waals surface area (Å²) in [6, 6.07) is 12.9. The molecule has 2 aromatic rings. The molecule has 2 aromatic carbocycles. The van der Waals surface area contributed by atoms with Crippen LogP contribution in [0.5, 0.6) is 5.75 Å². The van der Waals surface area contributed by atoms with Crippen LogP contribution in [0.1, 0.15) is 22.8 Å². The minimum absolute atomic E-state index is 0.244. The first-order chi connectivity index (χ1) is 12.8. The van der Waals surface area contributed by atoms with Crippen molar-refractivity contribution in [2.24, 2.45) is 0 Å². The SMILES string of the molecule is C[C@]1(c2ccccc2)NC(=O)N(NC(=O)c2ccccc2OC(F)F)C1=O. The van der Waals surface area contributed by atoms with Crippen LogP contribution in [0.25, 0.3) is 0 Å². The molecule has 27 heavy (non-hydrogen) atoms. The van der Waals surface area contributed by atoms with Crippen molar-refractivity contribution in [1.29, 1.82) is 0 Å². The standard InChI is InChI=1S/C18H15F2N3O4/c1-18(11-7-3-2-4-8-11)15(25)23(17(26)21-18)22-14(24)12-9-5-6-10-13(12)27-16(19)20/h2-10,16H,1H3,(H,21,26)(H,22,24)/t18-/m1/s1. The lowest BCUT2D eigenvalue weighted by molar-refractivity contribution is -0.132. The maximum absolute atomic E-state index is 12.7. The lowest BCUT2D eigenvalue weighted by Crippen LogP contribution is -2.48. The van der Waals surface area contributed by atoms with E-state index in [1.807, 2.05) is 0 Å². The Morgan fingerprint density at radius 3 is 2.41 bits per heavy atom. The minimum Gasteiger partial charge on any atom is -0.434 e. The number of nitrogens with one attached hydrogen (secondary N) is 2. The average molecular weight is 375 g/mol. The highest BCUT2D eigenvalue weighted by molar-refractivity contribution is 6.09. The van der Waals surface area contributed by atoms with E-state index in [-0.39, 0.29) is 11.3 Å². The van der Waals surface area contributed by atoms with Crippen molar-refractivity contribution in [3.63, 3.8) is 0 Å². The van der Waals surface area contributed by atoms with Crippen LogP contribution in [-0.4, -0.2) is 29.5 Å². The quantitative estimate of drug-likeness (QED) is 0.786. The summed E-state index contributed by atoms with van der Waals surface area (Å²) in [6.45, 7) is -1.63. The van der Waals surface area contributed by atoms with Crippen molar-refractivity contribution in [2.75, 3.05) is 0 Å². The maximum atomic E-state index is 12.7. The molecule has 2 N–H and O–H groups in total. The molecule has 0 aliphatic carbocycles. The fourth-order valence-electron chi connectivity index (χ4n) is 2.72. The van der Waals surface area contributed by atoms with Crippen molar-refractivity contribution in [3.8, 4) is 5.75 Å². The maximum Gasteiger partial charge on any atom is 0.387 e. The molecule has 140 valence electrons. The Morgan fingerprint density at radius 2 is 1.74 bits per heavy atom. The van der Waals surface area contributed by atoms with E-state index in [2.05, 4.69) is 15.5 Å². The molecule has 3 rings (SSSR count). The summed E-state index contributed by atoms with van der Waals surface area (Å²) >= 11 is 0. The minimum atomic E-state index is -3.13. The molecule has 1 heterocycles. The summed E-state index contributed by atoms with van der Waals surface area (Å²) in [5.41, 5.74) is 1.06. The van der Waals surface area contributed by atoms with E-state index in [0.29, 0.717) is 10.6 Å². The van der Waals surface area contributed by atoms with Crippen LogP contribution in [-0.2, 0) is 10.3 Å². The number of carbonyl (C=O) groups is 3. The van der Waals surface area contributed by atoms with Crippen LogP contribution in [0.2, 0.25) is 0 Å². The van der Waals surface area contributed by atoms with Crippen molar-refractivity contribution in [3.05, 3.63) is 65.7 Å². The number of alkyl halides is 2. The molecule has 4 amide bonds. The number of nitrogens with zero attached hydrogens (tertiary/aromatic N) is 1. The summed E-state index contributed by atoms with van der Waals surface area (Å²) in [5, 5.41) is 3.04. The molecule has 0 bridgehead atoms. The zero-order valence-corrected chi connectivity index (χ0v) is 14.1. The molecule has 0 saturated carbocycles. The summed E-state index contributed by atoms with van der Waals surface area (Å²) in [5.74, 6) is -2.02. The van der Waals surface area contributed by atoms with Gasteiger partial charge < -0.3 is 10.1 Å². The molecule has 1 atom stereocenters. The molecule has 0 radical (unpaired) electrons. The number of amides is 4. The Kier molecular flexibility index (Phi) is 4.76. The second-order valence-corrected chi connectivity index (χ2v) is 5.88. The van der Waals surface area contributed by atoms with Crippen LogP contribution >= 0.6 is 0 Å². The second-order valence-electron chi connectivity index (χ2n) is 5.88. The van der Waals surface area contributed by atoms with Gasteiger partial charge in [0.25, 0.3) is 11.8 Å². The van der Waals surface area contributed by atoms with Gasteiger partial charge in [-0.25, -0.2) is 4.79 Å². The van der Waals surface area contributed by atoms with Crippen LogP contribution in [0.15, 0.2) is 54.6 Å². The van der Waals surface area contributed by atoms with E-state index in [9.17, 15) is 23.2 Å². The largest absolute Gasteiger partial charge is 0.434 e. The Labute approximate surface area is 152 Å². The van der Waals surface area contributed by atoms with Crippen molar-refractivity contribution in [1.82, 2.24) is 15.8 Å². The number of rotatable bonds is 5. The van der Waals surface area contributed by atoms with Gasteiger partial charge in [-0.05, 0) is 24.6 Å². The first kappa shape index (κ1) is 18.3. The van der Waals surface area contributed by atoms with Gasteiger partial charge >= 0.3 is 12.6 Å². The first-order valence-corrected chi connectivity index (χ1v) is 7.90. The number of urea groups is 1. The van der Waals surface area contributed by atoms with Gasteiger partial charge in [0.05, 0.1) is 5.56 Å². The summed E-state index contributed by atoms with van der Waals surface area (Å²) < 4.78 is 29.3. The molecule has 0 unspecified atom stereocenters. The topological polar surface area (TPSA) is 87.7 Å². The van der Waals surface area contributed by atoms with Gasteiger partial charge in [-0.15, -0.1) is 0 Å². The number of hydrogen-bond donors (Lipinski definition) is 2. The van der Waals surface area contributed by atoms with Gasteiger partial charge in [0.2, 0.25) is 0 Å². The molecule has 1 saturated heterocycles. The molecule has 1 aliphatic heterocycles. The highest BCUT2D eigenvalue weighted by Crippen LogP contribution is 2.28. The van der Waals surface area contributed by atoms with Crippen molar-refractivity contribution in [2.45, 2.75) is 19.1 Å². The molecular weight excluding hydrogens is 360 g/mol. The van der Waals surface area contributed by atoms with E-state index in [4.69, 9.17) is 0 Å². The molecule has 0 aromatic heterocycles. The fraction of sp³-hybridized carbons (Fsp3) is 0.167. The van der Waals surface area contributed by atoms with E-state index in [1.54, 1.807) is 30.3 Å². The van der Waals surface area contributed by atoms with Crippen LogP contribution in [0, 0.1) is 0 Å². The lowest BCUT2D eigenvalue weighted by atomic mass is 9.92. The average Bonchev–Trinajstić information content (AvgIpc) is 2.86. The Hall–Kier alpha value is -3.49. The predicted octanol–water partition coefficient (Wildman–Crippen LogP) is 2.40. The Morgan fingerprint density at radius 1 is 1.11 bits per heavy atom. The zero-order valence-electron chi connectivity index (χ0n) is 14.1. The summed E-state index contributed by atoms with van der Waals surface area (Å²) in [7, 11) is 0. The van der Waals surface area contributed by atoms with Gasteiger partial charge in [-0.3, -0.25) is 15.0 Å². The normalized spacial score (nSPS) is 19.2. The number of carbonyl (C=O) groups excluding carboxylic acids is 3. The highest BCUT2D eigenvalue weighted by atomic mass is 19.3. The Bertz CT molecular complexity index is 891. The van der Waals surface area contributed by atoms with Gasteiger partial charge in [0.1, 0.15) is 11.3 Å². The third kappa shape index (κ3) is 3.43. The lowest BCUT2D eigenvalue weighted by Gasteiger charge is -2.22. The monoisotopic (exact) mass is 375 g/mol. The third-order valence-electron chi connectivity index (χ3n) is 4.10. The van der Waals surface area contributed by atoms with E-state index in [1.165, 1.54) is 31.2 Å². The van der Waals surface area contributed by atoms with E-state index in [0.717, 1.165) is 0 Å².